The molecule has 0 spiro atoms. The second-order valence-electron chi connectivity index (χ2n) is 4.33. The molecule has 0 N–H and O–H groups in total. The smallest absolute Gasteiger partial charge is 0.343 e. The normalized spacial score (nSPS) is 10.6. The largest absolute Gasteiger partial charge is 0.455 e. The Labute approximate surface area is 134 Å². The Kier molecular flexibility index (Phi) is 4.22. The fraction of sp³-hybridized carbons (Fsp3) is 0.0667. The van der Waals surface area contributed by atoms with Crippen LogP contribution in [0.1, 0.15) is 16.1 Å². The zero-order valence-corrected chi connectivity index (χ0v) is 12.7. The summed E-state index contributed by atoms with van der Waals surface area (Å²) in [5.41, 5.74) is 0.148. The third-order valence-corrected chi connectivity index (χ3v) is 4.04. The van der Waals surface area contributed by atoms with Crippen LogP contribution in [-0.4, -0.2) is 11.1 Å². The first-order valence-corrected chi connectivity index (χ1v) is 7.51. The Bertz CT molecular complexity index is 781. The lowest BCUT2D eigenvalue weighted by molar-refractivity contribution is 0.0459. The van der Waals surface area contributed by atoms with E-state index in [4.69, 9.17) is 20.9 Å². The van der Waals surface area contributed by atoms with E-state index < -0.39 is 11.8 Å². The fourth-order valence-corrected chi connectivity index (χ4v) is 2.73. The molecular weight excluding hydrogens is 329 g/mol. The van der Waals surface area contributed by atoms with Gasteiger partial charge in [0.15, 0.2) is 5.76 Å². The van der Waals surface area contributed by atoms with Crippen molar-refractivity contribution in [2.24, 2.45) is 0 Å². The van der Waals surface area contributed by atoms with Gasteiger partial charge >= 0.3 is 5.97 Å². The topological polar surface area (TPSA) is 52.3 Å². The lowest BCUT2D eigenvalue weighted by Crippen LogP contribution is -2.08. The summed E-state index contributed by atoms with van der Waals surface area (Å²) in [5.74, 6) is -0.981. The molecule has 0 aliphatic rings. The number of rotatable bonds is 4. The van der Waals surface area contributed by atoms with Crippen LogP contribution in [0.15, 0.2) is 46.3 Å². The van der Waals surface area contributed by atoms with Crippen molar-refractivity contribution in [2.45, 2.75) is 6.61 Å². The van der Waals surface area contributed by atoms with E-state index in [1.807, 2.05) is 17.5 Å². The van der Waals surface area contributed by atoms with Crippen molar-refractivity contribution in [3.05, 3.63) is 63.9 Å². The molecule has 0 unspecified atom stereocenters. The number of halogens is 2. The van der Waals surface area contributed by atoms with Gasteiger partial charge in [-0.3, -0.25) is 0 Å². The molecule has 3 aromatic rings. The minimum absolute atomic E-state index is 0.00410. The number of esters is 1. The number of carbonyl (C=O) groups excluding carboxylic acids is 1. The summed E-state index contributed by atoms with van der Waals surface area (Å²) < 4.78 is 23.8. The summed E-state index contributed by atoms with van der Waals surface area (Å²) >= 11 is 7.31. The Morgan fingerprint density at radius 1 is 1.36 bits per heavy atom. The monoisotopic (exact) mass is 337 g/mol. The molecule has 7 heteroatoms. The first-order valence-electron chi connectivity index (χ1n) is 6.26. The Morgan fingerprint density at radius 2 is 2.23 bits per heavy atom. The van der Waals surface area contributed by atoms with Crippen molar-refractivity contribution >= 4 is 28.9 Å². The van der Waals surface area contributed by atoms with Crippen LogP contribution < -0.4 is 0 Å². The van der Waals surface area contributed by atoms with Gasteiger partial charge in [0, 0.05) is 6.07 Å². The van der Waals surface area contributed by atoms with Crippen molar-refractivity contribution in [2.75, 3.05) is 0 Å². The summed E-state index contributed by atoms with van der Waals surface area (Å²) in [7, 11) is 0. The third-order valence-electron chi connectivity index (χ3n) is 2.84. The highest BCUT2D eigenvalue weighted by Crippen LogP contribution is 2.25. The van der Waals surface area contributed by atoms with Crippen molar-refractivity contribution < 1.29 is 18.4 Å². The first-order chi connectivity index (χ1) is 10.6. The highest BCUT2D eigenvalue weighted by molar-refractivity contribution is 7.13. The zero-order valence-electron chi connectivity index (χ0n) is 11.1. The number of benzene rings is 1. The van der Waals surface area contributed by atoms with Crippen LogP contribution in [0.25, 0.3) is 10.6 Å². The summed E-state index contributed by atoms with van der Waals surface area (Å²) in [4.78, 5) is 12.8. The van der Waals surface area contributed by atoms with Gasteiger partial charge in [-0.2, -0.15) is 0 Å². The number of thiophene rings is 1. The Balaban J connectivity index is 1.69. The highest BCUT2D eigenvalue weighted by Gasteiger charge is 2.18. The maximum Gasteiger partial charge on any atom is 0.343 e. The fourth-order valence-electron chi connectivity index (χ4n) is 1.82. The van der Waals surface area contributed by atoms with Crippen LogP contribution in [0.5, 0.6) is 0 Å². The minimum Gasteiger partial charge on any atom is -0.455 e. The van der Waals surface area contributed by atoms with Gasteiger partial charge in [-0.15, -0.1) is 11.3 Å². The number of carbonyl (C=O) groups is 1. The molecule has 0 amide bonds. The van der Waals surface area contributed by atoms with Gasteiger partial charge in [0.25, 0.3) is 0 Å². The van der Waals surface area contributed by atoms with Crippen LogP contribution in [0.2, 0.25) is 5.02 Å². The second-order valence-corrected chi connectivity index (χ2v) is 5.69. The van der Waals surface area contributed by atoms with Crippen LogP contribution in [0.3, 0.4) is 0 Å². The molecule has 1 aromatic carbocycles. The number of ether oxygens (including phenoxy) is 1. The van der Waals surface area contributed by atoms with E-state index in [0.717, 1.165) is 10.9 Å². The zero-order chi connectivity index (χ0) is 15.5. The molecule has 2 aromatic heterocycles. The van der Waals surface area contributed by atoms with E-state index in [1.54, 1.807) is 6.07 Å². The molecular formula is C15H9ClFNO3S. The third kappa shape index (κ3) is 3.03. The minimum atomic E-state index is -0.844. The number of aromatic nitrogens is 1. The quantitative estimate of drug-likeness (QED) is 0.655. The average molecular weight is 338 g/mol. The molecule has 0 atom stereocenters. The van der Waals surface area contributed by atoms with Gasteiger partial charge in [0.2, 0.25) is 0 Å². The van der Waals surface area contributed by atoms with E-state index in [1.165, 1.54) is 23.5 Å². The molecule has 0 fully saturated rings. The summed E-state index contributed by atoms with van der Waals surface area (Å²) in [6.07, 6.45) is 0. The molecule has 2 heterocycles. The molecule has 4 nitrogen and oxygen atoms in total. The van der Waals surface area contributed by atoms with Gasteiger partial charge in [0.1, 0.15) is 23.7 Å². The van der Waals surface area contributed by atoms with Gasteiger partial charge in [0.05, 0.1) is 9.90 Å². The average Bonchev–Trinajstić information content (AvgIpc) is 3.16. The molecule has 0 bridgehead atoms. The van der Waals surface area contributed by atoms with E-state index in [2.05, 4.69) is 5.16 Å². The van der Waals surface area contributed by atoms with E-state index >= 15 is 0 Å². The summed E-state index contributed by atoms with van der Waals surface area (Å²) in [6.45, 7) is -0.127. The maximum absolute atomic E-state index is 13.6. The molecule has 22 heavy (non-hydrogen) atoms. The molecule has 3 rings (SSSR count). The molecule has 0 aliphatic carbocycles. The molecule has 0 saturated carbocycles. The van der Waals surface area contributed by atoms with Gasteiger partial charge < -0.3 is 9.26 Å². The predicted octanol–water partition coefficient (Wildman–Crippen LogP) is 4.55. The van der Waals surface area contributed by atoms with E-state index in [0.29, 0.717) is 11.5 Å². The van der Waals surface area contributed by atoms with E-state index in [9.17, 15) is 9.18 Å². The van der Waals surface area contributed by atoms with Crippen LogP contribution >= 0.6 is 22.9 Å². The molecule has 0 radical (unpaired) electrons. The standard InChI is InChI=1S/C15H9ClFNO3S/c16-10-3-1-4-11(17)14(10)15(19)20-8-9-7-12(21-18-9)13-5-2-6-22-13/h1-7H,8H2. The summed E-state index contributed by atoms with van der Waals surface area (Å²) in [6, 6.07) is 9.43. The number of nitrogens with zero attached hydrogens (tertiary/aromatic N) is 1. The van der Waals surface area contributed by atoms with Crippen LogP contribution in [0.4, 0.5) is 4.39 Å². The summed E-state index contributed by atoms with van der Waals surface area (Å²) in [5, 5.41) is 5.73. The van der Waals surface area contributed by atoms with Crippen LogP contribution in [-0.2, 0) is 11.3 Å². The predicted molar refractivity (Wildman–Crippen MR) is 80.3 cm³/mol. The Hall–Kier alpha value is -2.18. The lowest BCUT2D eigenvalue weighted by Gasteiger charge is -2.05. The number of hydrogen-bond donors (Lipinski definition) is 0. The van der Waals surface area contributed by atoms with Gasteiger partial charge in [-0.05, 0) is 23.6 Å². The van der Waals surface area contributed by atoms with Gasteiger partial charge in [-0.1, -0.05) is 28.9 Å². The molecule has 112 valence electrons. The first kappa shape index (κ1) is 14.7. The van der Waals surface area contributed by atoms with Crippen molar-refractivity contribution in [3.63, 3.8) is 0 Å². The van der Waals surface area contributed by atoms with Crippen LogP contribution in [0, 0.1) is 5.82 Å². The second kappa shape index (κ2) is 6.29. The maximum atomic E-state index is 13.6. The SMILES string of the molecule is O=C(OCc1cc(-c2cccs2)on1)c1c(F)cccc1Cl. The van der Waals surface area contributed by atoms with Crippen molar-refractivity contribution in [1.82, 2.24) is 5.16 Å². The van der Waals surface area contributed by atoms with E-state index in [-0.39, 0.29) is 17.2 Å². The van der Waals surface area contributed by atoms with Crippen molar-refractivity contribution in [3.8, 4) is 10.6 Å². The Morgan fingerprint density at radius 3 is 2.95 bits per heavy atom. The lowest BCUT2D eigenvalue weighted by atomic mass is 10.2. The van der Waals surface area contributed by atoms with Crippen molar-refractivity contribution in [1.29, 1.82) is 0 Å². The van der Waals surface area contributed by atoms with Gasteiger partial charge in [-0.25, -0.2) is 9.18 Å². The highest BCUT2D eigenvalue weighted by atomic mass is 35.5. The molecule has 0 saturated heterocycles. The number of hydrogen-bond acceptors (Lipinski definition) is 5. The molecule has 0 aliphatic heterocycles.